The van der Waals surface area contributed by atoms with Gasteiger partial charge < -0.3 is 4.74 Å². The van der Waals surface area contributed by atoms with Gasteiger partial charge in [0.15, 0.2) is 5.78 Å². The second-order valence-corrected chi connectivity index (χ2v) is 5.05. The number of rotatable bonds is 5. The van der Waals surface area contributed by atoms with E-state index in [4.69, 9.17) is 4.74 Å². The van der Waals surface area contributed by atoms with Gasteiger partial charge in [-0.05, 0) is 54.6 Å². The highest BCUT2D eigenvalue weighted by Crippen LogP contribution is 2.28. The number of hydrogen-bond acceptors (Lipinski definition) is 5. The second kappa shape index (κ2) is 6.88. The van der Waals surface area contributed by atoms with Gasteiger partial charge in [0, 0.05) is 23.4 Å². The van der Waals surface area contributed by atoms with Gasteiger partial charge in [0.1, 0.15) is 11.6 Å². The van der Waals surface area contributed by atoms with Crippen molar-refractivity contribution in [2.75, 3.05) is 0 Å². The molecule has 7 heteroatoms. The lowest BCUT2D eigenvalue weighted by molar-refractivity contribution is -0.386. The Morgan fingerprint density at radius 2 is 1.60 bits per heavy atom. The maximum absolute atomic E-state index is 12.9. The SMILES string of the molecule is O=C(c1ccc(F)cc1)c1ccc(Oc2ncccc2[N+](=O)[O-])cc1. The van der Waals surface area contributed by atoms with E-state index >= 15 is 0 Å². The highest BCUT2D eigenvalue weighted by atomic mass is 19.1. The summed E-state index contributed by atoms with van der Waals surface area (Å²) in [7, 11) is 0. The molecule has 0 radical (unpaired) electrons. The van der Waals surface area contributed by atoms with E-state index in [1.807, 2.05) is 0 Å². The van der Waals surface area contributed by atoms with Crippen LogP contribution < -0.4 is 4.74 Å². The van der Waals surface area contributed by atoms with Gasteiger partial charge in [0.2, 0.25) is 0 Å². The monoisotopic (exact) mass is 338 g/mol. The first-order valence-corrected chi connectivity index (χ1v) is 7.22. The molecule has 1 heterocycles. The van der Waals surface area contributed by atoms with E-state index in [9.17, 15) is 19.3 Å². The fraction of sp³-hybridized carbons (Fsp3) is 0. The predicted octanol–water partition coefficient (Wildman–Crippen LogP) is 4.15. The average molecular weight is 338 g/mol. The van der Waals surface area contributed by atoms with E-state index in [0.717, 1.165) is 0 Å². The first-order chi connectivity index (χ1) is 12.0. The summed E-state index contributed by atoms with van der Waals surface area (Å²) in [5, 5.41) is 11.0. The van der Waals surface area contributed by atoms with Crippen LogP contribution in [0.3, 0.4) is 0 Å². The number of nitrogens with zero attached hydrogens (tertiary/aromatic N) is 2. The quantitative estimate of drug-likeness (QED) is 0.396. The van der Waals surface area contributed by atoms with Crippen LogP contribution in [-0.2, 0) is 0 Å². The lowest BCUT2D eigenvalue weighted by Crippen LogP contribution is -2.01. The Morgan fingerprint density at radius 3 is 2.20 bits per heavy atom. The summed E-state index contributed by atoms with van der Waals surface area (Å²) in [5.41, 5.74) is 0.485. The Morgan fingerprint density at radius 1 is 1.00 bits per heavy atom. The van der Waals surface area contributed by atoms with Gasteiger partial charge in [-0.15, -0.1) is 0 Å². The minimum atomic E-state index is -0.589. The van der Waals surface area contributed by atoms with E-state index in [1.165, 1.54) is 66.9 Å². The molecule has 1 aromatic heterocycles. The number of ketones is 1. The van der Waals surface area contributed by atoms with Crippen molar-refractivity contribution in [3.8, 4) is 11.6 Å². The molecular weight excluding hydrogens is 327 g/mol. The molecule has 2 aromatic carbocycles. The summed E-state index contributed by atoms with van der Waals surface area (Å²) in [6.07, 6.45) is 1.38. The van der Waals surface area contributed by atoms with Crippen molar-refractivity contribution in [2.45, 2.75) is 0 Å². The number of aromatic nitrogens is 1. The zero-order valence-electron chi connectivity index (χ0n) is 12.8. The smallest absolute Gasteiger partial charge is 0.331 e. The molecule has 0 spiro atoms. The summed E-state index contributed by atoms with van der Waals surface area (Å²) in [4.78, 5) is 26.5. The van der Waals surface area contributed by atoms with Gasteiger partial charge >= 0.3 is 5.69 Å². The third-order valence-electron chi connectivity index (χ3n) is 3.39. The second-order valence-electron chi connectivity index (χ2n) is 5.05. The molecule has 0 aliphatic heterocycles. The minimum Gasteiger partial charge on any atom is -0.434 e. The van der Waals surface area contributed by atoms with Crippen LogP contribution in [0.25, 0.3) is 0 Å². The highest BCUT2D eigenvalue weighted by Gasteiger charge is 2.16. The predicted molar refractivity (Wildman–Crippen MR) is 87.2 cm³/mol. The summed E-state index contributed by atoms with van der Waals surface area (Å²) in [6.45, 7) is 0. The summed E-state index contributed by atoms with van der Waals surface area (Å²) in [5.74, 6) is -0.518. The van der Waals surface area contributed by atoms with Gasteiger partial charge in [-0.25, -0.2) is 9.37 Å². The van der Waals surface area contributed by atoms with Crippen LogP contribution in [0.1, 0.15) is 15.9 Å². The topological polar surface area (TPSA) is 82.3 Å². The number of benzene rings is 2. The standard InChI is InChI=1S/C18H11FN2O4/c19-14-7-3-12(4-8-14)17(22)13-5-9-15(10-6-13)25-18-16(21(23)24)2-1-11-20-18/h1-11H. The van der Waals surface area contributed by atoms with Crippen LogP contribution in [0.4, 0.5) is 10.1 Å². The molecule has 6 nitrogen and oxygen atoms in total. The first kappa shape index (κ1) is 16.3. The lowest BCUT2D eigenvalue weighted by atomic mass is 10.0. The average Bonchev–Trinajstić information content (AvgIpc) is 2.63. The zero-order valence-corrected chi connectivity index (χ0v) is 12.8. The van der Waals surface area contributed by atoms with Crippen molar-refractivity contribution in [1.82, 2.24) is 4.98 Å². The molecule has 0 unspecified atom stereocenters. The molecule has 3 rings (SSSR count). The number of halogens is 1. The number of carbonyl (C=O) groups excluding carboxylic acids is 1. The Bertz CT molecular complexity index is 925. The summed E-state index contributed by atoms with van der Waals surface area (Å²) >= 11 is 0. The third-order valence-corrected chi connectivity index (χ3v) is 3.39. The molecular formula is C18H11FN2O4. The zero-order chi connectivity index (χ0) is 17.8. The van der Waals surface area contributed by atoms with Crippen LogP contribution >= 0.6 is 0 Å². The van der Waals surface area contributed by atoms with Crippen molar-refractivity contribution in [2.24, 2.45) is 0 Å². The van der Waals surface area contributed by atoms with Crippen molar-refractivity contribution in [1.29, 1.82) is 0 Å². The van der Waals surface area contributed by atoms with E-state index in [1.54, 1.807) is 0 Å². The van der Waals surface area contributed by atoms with Crippen molar-refractivity contribution >= 4 is 11.5 Å². The van der Waals surface area contributed by atoms with Crippen molar-refractivity contribution in [3.05, 3.63) is 93.9 Å². The van der Waals surface area contributed by atoms with Crippen LogP contribution in [0.15, 0.2) is 66.9 Å². The number of hydrogen-bond donors (Lipinski definition) is 0. The Balaban J connectivity index is 1.80. The highest BCUT2D eigenvalue weighted by molar-refractivity contribution is 6.09. The first-order valence-electron chi connectivity index (χ1n) is 7.22. The van der Waals surface area contributed by atoms with E-state index in [-0.39, 0.29) is 17.4 Å². The number of carbonyl (C=O) groups is 1. The van der Waals surface area contributed by atoms with E-state index in [2.05, 4.69) is 4.98 Å². The Kier molecular flexibility index (Phi) is 4.47. The number of pyridine rings is 1. The number of ether oxygens (including phenoxy) is 1. The van der Waals surface area contributed by atoms with Crippen molar-refractivity contribution in [3.63, 3.8) is 0 Å². The lowest BCUT2D eigenvalue weighted by Gasteiger charge is -2.06. The largest absolute Gasteiger partial charge is 0.434 e. The summed E-state index contributed by atoms with van der Waals surface area (Å²) in [6, 6.07) is 14.0. The fourth-order valence-corrected chi connectivity index (χ4v) is 2.15. The van der Waals surface area contributed by atoms with Crippen LogP contribution in [0.2, 0.25) is 0 Å². The molecule has 0 aliphatic rings. The van der Waals surface area contributed by atoms with Gasteiger partial charge in [0.05, 0.1) is 4.92 Å². The van der Waals surface area contributed by atoms with Gasteiger partial charge in [-0.1, -0.05) is 0 Å². The van der Waals surface area contributed by atoms with Crippen LogP contribution in [-0.4, -0.2) is 15.7 Å². The van der Waals surface area contributed by atoms with Crippen LogP contribution in [0, 0.1) is 15.9 Å². The van der Waals surface area contributed by atoms with Gasteiger partial charge in [0.25, 0.3) is 5.88 Å². The fourth-order valence-electron chi connectivity index (χ4n) is 2.15. The molecule has 124 valence electrons. The molecule has 0 amide bonds. The molecule has 25 heavy (non-hydrogen) atoms. The molecule has 0 N–H and O–H groups in total. The molecule has 0 saturated heterocycles. The van der Waals surface area contributed by atoms with Crippen molar-refractivity contribution < 1.29 is 18.8 Å². The molecule has 0 bridgehead atoms. The summed E-state index contributed by atoms with van der Waals surface area (Å²) < 4.78 is 18.3. The number of nitro groups is 1. The van der Waals surface area contributed by atoms with Gasteiger partial charge in [-0.3, -0.25) is 14.9 Å². The van der Waals surface area contributed by atoms with E-state index in [0.29, 0.717) is 16.9 Å². The molecule has 3 aromatic rings. The normalized spacial score (nSPS) is 10.3. The van der Waals surface area contributed by atoms with E-state index < -0.39 is 10.7 Å². The molecule has 0 atom stereocenters. The molecule has 0 saturated carbocycles. The minimum absolute atomic E-state index is 0.134. The maximum atomic E-state index is 12.9. The molecule has 0 aliphatic carbocycles. The maximum Gasteiger partial charge on any atom is 0.331 e. The Hall–Kier alpha value is -3.61. The Labute approximate surface area is 141 Å². The van der Waals surface area contributed by atoms with Gasteiger partial charge in [-0.2, -0.15) is 0 Å². The third kappa shape index (κ3) is 3.66. The van der Waals surface area contributed by atoms with Crippen LogP contribution in [0.5, 0.6) is 11.6 Å². The molecule has 0 fully saturated rings.